The highest BCUT2D eigenvalue weighted by Crippen LogP contribution is 2.31. The largest absolute Gasteiger partial charge is 0.308 e. The monoisotopic (exact) mass is 304 g/mol. The lowest BCUT2D eigenvalue weighted by Gasteiger charge is -2.20. The number of benzene rings is 1. The van der Waals surface area contributed by atoms with Crippen molar-refractivity contribution in [2.45, 2.75) is 42.1 Å². The lowest BCUT2D eigenvalue weighted by molar-refractivity contribution is 0.424. The van der Waals surface area contributed by atoms with E-state index in [0.717, 1.165) is 21.3 Å². The number of hydrogen-bond acceptors (Lipinski definition) is 6. The van der Waals surface area contributed by atoms with E-state index in [2.05, 4.69) is 42.4 Å². The third-order valence-electron chi connectivity index (χ3n) is 2.52. The zero-order chi connectivity index (χ0) is 14.6. The maximum atomic E-state index is 9.28. The summed E-state index contributed by atoms with van der Waals surface area (Å²) >= 11 is 2.95. The molecule has 0 radical (unpaired) electrons. The van der Waals surface area contributed by atoms with Gasteiger partial charge in [0.15, 0.2) is 4.34 Å². The zero-order valence-electron chi connectivity index (χ0n) is 11.7. The molecule has 0 saturated heterocycles. The average Bonchev–Trinajstić information content (AvgIpc) is 2.89. The lowest BCUT2D eigenvalue weighted by atomic mass is 10.1. The van der Waals surface area contributed by atoms with E-state index in [1.165, 1.54) is 23.1 Å². The van der Waals surface area contributed by atoms with E-state index in [1.807, 2.05) is 18.2 Å². The highest BCUT2D eigenvalue weighted by molar-refractivity contribution is 8.01. The molecule has 2 aromatic rings. The third kappa shape index (κ3) is 4.30. The molecule has 0 unspecified atom stereocenters. The molecule has 1 N–H and O–H groups in total. The maximum absolute atomic E-state index is 9.28. The molecule has 1 aromatic heterocycles. The molecular formula is C14H16N4S2. The molecule has 1 heterocycles. The number of nitriles is 1. The van der Waals surface area contributed by atoms with Crippen LogP contribution in [0.4, 0.5) is 0 Å². The summed E-state index contributed by atoms with van der Waals surface area (Å²) in [6, 6.07) is 8.21. The third-order valence-corrected chi connectivity index (χ3v) is 4.38. The average molecular weight is 304 g/mol. The van der Waals surface area contributed by atoms with E-state index in [-0.39, 0.29) is 5.54 Å². The van der Waals surface area contributed by atoms with Crippen LogP contribution in [-0.4, -0.2) is 15.7 Å². The molecule has 0 aliphatic heterocycles. The molecule has 1 aromatic carbocycles. The maximum Gasteiger partial charge on any atom is 0.178 e. The lowest BCUT2D eigenvalue weighted by Crippen LogP contribution is -2.35. The first-order valence-corrected chi connectivity index (χ1v) is 7.89. The minimum absolute atomic E-state index is 0.0623. The summed E-state index contributed by atoms with van der Waals surface area (Å²) in [5, 5.41) is 20.5. The Morgan fingerprint density at radius 3 is 2.80 bits per heavy atom. The van der Waals surface area contributed by atoms with Crippen LogP contribution in [-0.2, 0) is 6.54 Å². The topological polar surface area (TPSA) is 61.6 Å². The quantitative estimate of drug-likeness (QED) is 0.937. The Balaban J connectivity index is 2.14. The summed E-state index contributed by atoms with van der Waals surface area (Å²) < 4.78 is 0.849. The molecule has 0 amide bonds. The van der Waals surface area contributed by atoms with E-state index in [0.29, 0.717) is 5.56 Å². The summed E-state index contributed by atoms with van der Waals surface area (Å²) in [6.45, 7) is 7.12. The minimum atomic E-state index is 0.0623. The van der Waals surface area contributed by atoms with Gasteiger partial charge in [0.05, 0.1) is 5.56 Å². The van der Waals surface area contributed by atoms with Crippen molar-refractivity contribution in [1.29, 1.82) is 5.26 Å². The second-order valence-electron chi connectivity index (χ2n) is 5.35. The molecule has 0 aliphatic carbocycles. The summed E-state index contributed by atoms with van der Waals surface area (Å²) in [4.78, 5) is 0.920. The highest BCUT2D eigenvalue weighted by Gasteiger charge is 2.11. The van der Waals surface area contributed by atoms with Crippen LogP contribution in [0.5, 0.6) is 0 Å². The van der Waals surface area contributed by atoms with Gasteiger partial charge in [0.25, 0.3) is 0 Å². The SMILES string of the molecule is CC(C)(C)NCc1ccc(Sc2nncs2)c(C#N)c1. The fourth-order valence-electron chi connectivity index (χ4n) is 1.53. The van der Waals surface area contributed by atoms with Crippen molar-refractivity contribution >= 4 is 23.1 Å². The molecule has 20 heavy (non-hydrogen) atoms. The molecule has 104 valence electrons. The summed E-state index contributed by atoms with van der Waals surface area (Å²) in [6.07, 6.45) is 0. The van der Waals surface area contributed by atoms with Gasteiger partial charge in [-0.05, 0) is 38.5 Å². The van der Waals surface area contributed by atoms with E-state index < -0.39 is 0 Å². The zero-order valence-corrected chi connectivity index (χ0v) is 13.3. The predicted octanol–water partition coefficient (Wildman–Crippen LogP) is 3.45. The van der Waals surface area contributed by atoms with Gasteiger partial charge in [-0.3, -0.25) is 0 Å². The van der Waals surface area contributed by atoms with Crippen LogP contribution in [0.2, 0.25) is 0 Å². The molecule has 0 saturated carbocycles. The number of nitrogens with zero attached hydrogens (tertiary/aromatic N) is 3. The first-order chi connectivity index (χ1) is 9.48. The minimum Gasteiger partial charge on any atom is -0.308 e. The number of hydrogen-bond donors (Lipinski definition) is 1. The van der Waals surface area contributed by atoms with Crippen molar-refractivity contribution in [2.75, 3.05) is 0 Å². The molecule has 0 bridgehead atoms. The van der Waals surface area contributed by atoms with Crippen molar-refractivity contribution in [3.05, 3.63) is 34.8 Å². The fraction of sp³-hybridized carbons (Fsp3) is 0.357. The van der Waals surface area contributed by atoms with Gasteiger partial charge in [0.1, 0.15) is 11.6 Å². The van der Waals surface area contributed by atoms with Crippen molar-refractivity contribution in [1.82, 2.24) is 15.5 Å². The standard InChI is InChI=1S/C14H16N4S2/c1-14(2,3)16-8-10-4-5-12(11(6-10)7-15)20-13-18-17-9-19-13/h4-6,9,16H,8H2,1-3H3. The fourth-order valence-corrected chi connectivity index (χ4v) is 3.03. The molecule has 4 nitrogen and oxygen atoms in total. The van der Waals surface area contributed by atoms with Gasteiger partial charge in [-0.1, -0.05) is 29.2 Å². The normalized spacial score (nSPS) is 11.3. The smallest absolute Gasteiger partial charge is 0.178 e. The van der Waals surface area contributed by atoms with Gasteiger partial charge in [-0.2, -0.15) is 5.26 Å². The van der Waals surface area contributed by atoms with E-state index >= 15 is 0 Å². The number of nitrogens with one attached hydrogen (secondary N) is 1. The Morgan fingerprint density at radius 2 is 2.20 bits per heavy atom. The highest BCUT2D eigenvalue weighted by atomic mass is 32.2. The predicted molar refractivity (Wildman–Crippen MR) is 81.8 cm³/mol. The van der Waals surface area contributed by atoms with Gasteiger partial charge in [-0.15, -0.1) is 10.2 Å². The molecule has 0 spiro atoms. The summed E-state index contributed by atoms with van der Waals surface area (Å²) in [5.74, 6) is 0. The second kappa shape index (κ2) is 6.35. The van der Waals surface area contributed by atoms with Crippen LogP contribution in [0.1, 0.15) is 31.9 Å². The Kier molecular flexibility index (Phi) is 4.76. The molecule has 0 atom stereocenters. The Bertz CT molecular complexity index is 609. The number of aromatic nitrogens is 2. The van der Waals surface area contributed by atoms with Crippen molar-refractivity contribution in [3.8, 4) is 6.07 Å². The molecular weight excluding hydrogens is 288 g/mol. The van der Waals surface area contributed by atoms with Crippen molar-refractivity contribution < 1.29 is 0 Å². The van der Waals surface area contributed by atoms with Crippen LogP contribution in [0.3, 0.4) is 0 Å². The number of rotatable bonds is 4. The van der Waals surface area contributed by atoms with Crippen LogP contribution in [0, 0.1) is 11.3 Å². The van der Waals surface area contributed by atoms with E-state index in [4.69, 9.17) is 0 Å². The van der Waals surface area contributed by atoms with Gasteiger partial charge in [-0.25, -0.2) is 0 Å². The van der Waals surface area contributed by atoms with Gasteiger partial charge in [0, 0.05) is 17.0 Å². The Labute approximate surface area is 127 Å². The summed E-state index contributed by atoms with van der Waals surface area (Å²) in [7, 11) is 0. The first-order valence-electron chi connectivity index (χ1n) is 6.20. The van der Waals surface area contributed by atoms with Crippen LogP contribution >= 0.6 is 23.1 Å². The molecule has 0 aliphatic rings. The molecule has 6 heteroatoms. The van der Waals surface area contributed by atoms with Gasteiger partial charge in [0.2, 0.25) is 0 Å². The van der Waals surface area contributed by atoms with Crippen LogP contribution in [0.15, 0.2) is 32.9 Å². The van der Waals surface area contributed by atoms with Gasteiger partial charge < -0.3 is 5.32 Å². The van der Waals surface area contributed by atoms with Crippen LogP contribution < -0.4 is 5.32 Å². The molecule has 2 rings (SSSR count). The van der Waals surface area contributed by atoms with Gasteiger partial charge >= 0.3 is 0 Å². The Morgan fingerprint density at radius 1 is 1.40 bits per heavy atom. The van der Waals surface area contributed by atoms with Crippen molar-refractivity contribution in [3.63, 3.8) is 0 Å². The molecule has 0 fully saturated rings. The van der Waals surface area contributed by atoms with E-state index in [1.54, 1.807) is 5.51 Å². The van der Waals surface area contributed by atoms with Crippen LogP contribution in [0.25, 0.3) is 0 Å². The summed E-state index contributed by atoms with van der Waals surface area (Å²) in [5.41, 5.74) is 3.54. The van der Waals surface area contributed by atoms with Crippen molar-refractivity contribution in [2.24, 2.45) is 0 Å². The second-order valence-corrected chi connectivity index (χ2v) is 7.47. The Hall–Kier alpha value is -1.42. The van der Waals surface area contributed by atoms with E-state index in [9.17, 15) is 5.26 Å². The first kappa shape index (κ1) is 15.0.